The zero-order chi connectivity index (χ0) is 27.8. The first-order chi connectivity index (χ1) is 18.8. The van der Waals surface area contributed by atoms with Gasteiger partial charge in [-0.3, -0.25) is 14.4 Å². The van der Waals surface area contributed by atoms with Crippen LogP contribution in [0, 0.1) is 5.92 Å². The summed E-state index contributed by atoms with van der Waals surface area (Å²) in [5.41, 5.74) is 1.57. The molecule has 0 spiro atoms. The van der Waals surface area contributed by atoms with Gasteiger partial charge in [-0.05, 0) is 47.7 Å². The van der Waals surface area contributed by atoms with Crippen molar-refractivity contribution in [3.05, 3.63) is 102 Å². The molecule has 1 aliphatic heterocycles. The summed E-state index contributed by atoms with van der Waals surface area (Å²) >= 11 is 10.3. The van der Waals surface area contributed by atoms with Crippen molar-refractivity contribution < 1.29 is 29.0 Å². The Bertz CT molecular complexity index is 1300. The van der Waals surface area contributed by atoms with E-state index < -0.39 is 46.8 Å². The Hall–Kier alpha value is -4.15. The van der Waals surface area contributed by atoms with E-state index in [-0.39, 0.29) is 18.1 Å². The van der Waals surface area contributed by atoms with E-state index in [1.54, 1.807) is 24.3 Å². The number of para-hydroxylation sites is 1. The van der Waals surface area contributed by atoms with Crippen LogP contribution in [0.4, 0.5) is 0 Å². The molecule has 3 aromatic carbocycles. The van der Waals surface area contributed by atoms with E-state index in [1.807, 2.05) is 66.7 Å². The van der Waals surface area contributed by atoms with Gasteiger partial charge in [0.25, 0.3) is 5.91 Å². The molecular formula is C29H26N2O6S2. The predicted octanol–water partition coefficient (Wildman–Crippen LogP) is 3.64. The summed E-state index contributed by atoms with van der Waals surface area (Å²) in [7, 11) is 0. The van der Waals surface area contributed by atoms with Gasteiger partial charge < -0.3 is 25.2 Å². The number of nitrogens with one attached hydrogen (secondary N) is 2. The molecule has 4 rings (SSSR count). The van der Waals surface area contributed by atoms with Gasteiger partial charge in [0.05, 0.1) is 12.0 Å². The Morgan fingerprint density at radius 2 is 1.44 bits per heavy atom. The van der Waals surface area contributed by atoms with Crippen LogP contribution in [0.15, 0.2) is 91.0 Å². The third-order valence-corrected chi connectivity index (χ3v) is 6.64. The van der Waals surface area contributed by atoms with Crippen molar-refractivity contribution in [3.8, 4) is 5.75 Å². The standard InChI is InChI=1S/C29H26N2O6S2/c32-22(17-36-20-14-8-3-9-15-20)30-25-24(31-28(25)35)21(16-23(33)38)26(34)29(39)37-27(18-10-4-1-5-11-18)19-12-6-2-7-13-19/h1-15,21,24-25,27H,16-17H2,(H,30,32)(H,31,35)(H,33,38)/t21?,24-,25-/m1/s1. The van der Waals surface area contributed by atoms with Crippen LogP contribution >= 0.6 is 24.4 Å². The Labute approximate surface area is 236 Å². The molecule has 0 saturated carbocycles. The van der Waals surface area contributed by atoms with E-state index in [2.05, 4.69) is 10.6 Å². The molecule has 39 heavy (non-hydrogen) atoms. The van der Waals surface area contributed by atoms with Crippen LogP contribution in [0.25, 0.3) is 0 Å². The molecule has 8 nitrogen and oxygen atoms in total. The van der Waals surface area contributed by atoms with Crippen LogP contribution in [-0.2, 0) is 19.1 Å². The largest absolute Gasteiger partial charge is 0.502 e. The van der Waals surface area contributed by atoms with E-state index in [0.29, 0.717) is 5.75 Å². The number of Topliss-reactive ketones (excluding diaryl/α,β-unsaturated/α-hetero) is 1. The maximum atomic E-state index is 13.5. The fourth-order valence-electron chi connectivity index (χ4n) is 4.24. The van der Waals surface area contributed by atoms with Gasteiger partial charge in [-0.2, -0.15) is 0 Å². The molecule has 1 aliphatic rings. The molecule has 1 heterocycles. The highest BCUT2D eigenvalue weighted by Crippen LogP contribution is 2.28. The molecular weight excluding hydrogens is 536 g/mol. The predicted molar refractivity (Wildman–Crippen MR) is 153 cm³/mol. The smallest absolute Gasteiger partial charge is 0.258 e. The van der Waals surface area contributed by atoms with Crippen LogP contribution in [0.2, 0.25) is 0 Å². The Morgan fingerprint density at radius 1 is 0.897 bits per heavy atom. The summed E-state index contributed by atoms with van der Waals surface area (Å²) in [6, 6.07) is 25.4. The molecule has 0 bridgehead atoms. The zero-order valence-corrected chi connectivity index (χ0v) is 22.3. The lowest BCUT2D eigenvalue weighted by atomic mass is 9.81. The average molecular weight is 563 g/mol. The van der Waals surface area contributed by atoms with Gasteiger partial charge >= 0.3 is 0 Å². The molecule has 0 aromatic heterocycles. The van der Waals surface area contributed by atoms with E-state index in [0.717, 1.165) is 11.1 Å². The number of thiocarbonyl (C=S) groups is 2. The lowest BCUT2D eigenvalue weighted by Gasteiger charge is -2.41. The van der Waals surface area contributed by atoms with Crippen molar-refractivity contribution >= 4 is 52.1 Å². The molecule has 1 unspecified atom stereocenters. The average Bonchev–Trinajstić information content (AvgIpc) is 2.96. The van der Waals surface area contributed by atoms with Gasteiger partial charge in [-0.15, -0.1) is 0 Å². The number of hydrogen-bond acceptors (Lipinski definition) is 7. The number of aliphatic hydroxyl groups is 1. The van der Waals surface area contributed by atoms with E-state index in [1.165, 1.54) is 0 Å². The highest BCUT2D eigenvalue weighted by atomic mass is 32.1. The Morgan fingerprint density at radius 3 is 1.95 bits per heavy atom. The first-order valence-corrected chi connectivity index (χ1v) is 13.0. The minimum absolute atomic E-state index is 0.253. The number of benzene rings is 3. The first kappa shape index (κ1) is 27.9. The third-order valence-electron chi connectivity index (χ3n) is 6.18. The van der Waals surface area contributed by atoms with Gasteiger partial charge in [-0.25, -0.2) is 0 Å². The molecule has 0 aliphatic carbocycles. The van der Waals surface area contributed by atoms with Crippen LogP contribution in [0.3, 0.4) is 0 Å². The number of carbonyl (C=O) groups is 3. The maximum Gasteiger partial charge on any atom is 0.258 e. The van der Waals surface area contributed by atoms with Crippen LogP contribution in [-0.4, -0.2) is 51.5 Å². The van der Waals surface area contributed by atoms with Gasteiger partial charge in [0.15, 0.2) is 17.8 Å². The van der Waals surface area contributed by atoms with Crippen molar-refractivity contribution in [1.82, 2.24) is 10.6 Å². The van der Waals surface area contributed by atoms with Crippen molar-refractivity contribution in [3.63, 3.8) is 0 Å². The summed E-state index contributed by atoms with van der Waals surface area (Å²) in [6.07, 6.45) is -0.913. The van der Waals surface area contributed by atoms with E-state index in [4.69, 9.17) is 33.9 Å². The van der Waals surface area contributed by atoms with Crippen molar-refractivity contribution in [2.24, 2.45) is 5.92 Å². The summed E-state index contributed by atoms with van der Waals surface area (Å²) in [6.45, 7) is -0.325. The Kier molecular flexibility index (Phi) is 9.35. The van der Waals surface area contributed by atoms with Crippen molar-refractivity contribution in [2.75, 3.05) is 6.61 Å². The topological polar surface area (TPSA) is 114 Å². The van der Waals surface area contributed by atoms with Gasteiger partial charge in [0, 0.05) is 6.42 Å². The number of carbonyl (C=O) groups excluding carboxylic acids is 3. The highest BCUT2D eigenvalue weighted by Gasteiger charge is 2.48. The molecule has 3 N–H and O–H groups in total. The molecule has 1 saturated heterocycles. The summed E-state index contributed by atoms with van der Waals surface area (Å²) in [5, 5.41) is 14.3. The first-order valence-electron chi connectivity index (χ1n) is 12.2. The highest BCUT2D eigenvalue weighted by molar-refractivity contribution is 7.81. The monoisotopic (exact) mass is 562 g/mol. The lowest BCUT2D eigenvalue weighted by Crippen LogP contribution is -2.73. The SMILES string of the molecule is O=C(COc1ccccc1)N[C@H]1C(=O)N[C@@H]1C(CC(O)=S)C(=O)C(=S)OC(c1ccccc1)c1ccccc1. The minimum atomic E-state index is -1.06. The minimum Gasteiger partial charge on any atom is -0.502 e. The van der Waals surface area contributed by atoms with Gasteiger partial charge in [0.2, 0.25) is 16.7 Å². The molecule has 1 fully saturated rings. The summed E-state index contributed by atoms with van der Waals surface area (Å²) < 4.78 is 11.5. The molecule has 0 radical (unpaired) electrons. The second kappa shape index (κ2) is 13.1. The van der Waals surface area contributed by atoms with Gasteiger partial charge in [-0.1, -0.05) is 78.9 Å². The van der Waals surface area contributed by atoms with Gasteiger partial charge in [0.1, 0.15) is 11.8 Å². The number of β-lactam (4-membered cyclic amide) rings is 1. The van der Waals surface area contributed by atoms with Crippen LogP contribution in [0.5, 0.6) is 5.75 Å². The van der Waals surface area contributed by atoms with Crippen LogP contribution < -0.4 is 15.4 Å². The van der Waals surface area contributed by atoms with Crippen LogP contribution in [0.1, 0.15) is 23.7 Å². The quantitative estimate of drug-likeness (QED) is 0.227. The lowest BCUT2D eigenvalue weighted by molar-refractivity contribution is -0.139. The van der Waals surface area contributed by atoms with Crippen molar-refractivity contribution in [1.29, 1.82) is 0 Å². The zero-order valence-electron chi connectivity index (χ0n) is 20.7. The number of amides is 2. The fraction of sp³-hybridized carbons (Fsp3) is 0.207. The number of aliphatic hydroxyl groups excluding tert-OH is 1. The number of ether oxygens (including phenoxy) is 2. The number of rotatable bonds is 12. The third kappa shape index (κ3) is 7.24. The number of hydrogen-bond donors (Lipinski definition) is 3. The molecule has 10 heteroatoms. The van der Waals surface area contributed by atoms with E-state index in [9.17, 15) is 19.5 Å². The molecule has 2 amide bonds. The molecule has 200 valence electrons. The second-order valence-corrected chi connectivity index (χ2v) is 9.70. The summed E-state index contributed by atoms with van der Waals surface area (Å²) in [5.74, 6) is -2.21. The summed E-state index contributed by atoms with van der Waals surface area (Å²) in [4.78, 5) is 38.4. The normalized spacial score (nSPS) is 16.8. The van der Waals surface area contributed by atoms with Crippen molar-refractivity contribution in [2.45, 2.75) is 24.6 Å². The van der Waals surface area contributed by atoms with E-state index >= 15 is 0 Å². The number of ketones is 1. The molecule has 3 aromatic rings. The maximum absolute atomic E-state index is 13.5. The Balaban J connectivity index is 1.47. The molecule has 3 atom stereocenters. The fourth-order valence-corrected chi connectivity index (χ4v) is 4.67. The second-order valence-electron chi connectivity index (χ2n) is 8.86.